The lowest BCUT2D eigenvalue weighted by Crippen LogP contribution is -2.23. The smallest absolute Gasteiger partial charge is 0.261 e. The summed E-state index contributed by atoms with van der Waals surface area (Å²) in [6.45, 7) is 2.32. The molecule has 0 aliphatic carbocycles. The topological polar surface area (TPSA) is 127 Å². The van der Waals surface area contributed by atoms with E-state index in [1.165, 1.54) is 19.4 Å². The molecule has 8 nitrogen and oxygen atoms in total. The molecule has 0 aliphatic rings. The van der Waals surface area contributed by atoms with Crippen molar-refractivity contribution in [2.24, 2.45) is 5.73 Å². The van der Waals surface area contributed by atoms with Gasteiger partial charge >= 0.3 is 0 Å². The molecule has 4 rings (SSSR count). The molecule has 1 amide bonds. The zero-order chi connectivity index (χ0) is 24.9. The molecule has 4 N–H and O–H groups in total. The van der Waals surface area contributed by atoms with Gasteiger partial charge in [0.15, 0.2) is 5.78 Å². The third-order valence-electron chi connectivity index (χ3n) is 5.93. The number of hydrogen-bond acceptors (Lipinski definition) is 7. The van der Waals surface area contributed by atoms with Gasteiger partial charge in [0.1, 0.15) is 5.56 Å². The highest BCUT2D eigenvalue weighted by atomic mass is 32.1. The molecule has 0 bridgehead atoms. The lowest BCUT2D eigenvalue weighted by molar-refractivity contribution is 0.0970. The number of carbonyl (C=O) groups is 2. The molecule has 0 saturated heterocycles. The molecular formula is C26H26N4O4S. The van der Waals surface area contributed by atoms with Gasteiger partial charge in [-0.15, -0.1) is 0 Å². The van der Waals surface area contributed by atoms with Crippen LogP contribution in [0.3, 0.4) is 0 Å². The first-order valence-electron chi connectivity index (χ1n) is 11.1. The van der Waals surface area contributed by atoms with E-state index in [0.717, 1.165) is 11.1 Å². The van der Waals surface area contributed by atoms with Crippen molar-refractivity contribution >= 4 is 39.6 Å². The monoisotopic (exact) mass is 490 g/mol. The first kappa shape index (κ1) is 24.3. The normalized spacial score (nSPS) is 11.9. The quantitative estimate of drug-likeness (QED) is 0.301. The average molecular weight is 491 g/mol. The minimum absolute atomic E-state index is 0.0336. The highest BCUT2D eigenvalue weighted by molar-refractivity contribution is 7.08. The number of thiophene rings is 1. The second kappa shape index (κ2) is 10.6. The van der Waals surface area contributed by atoms with Crippen LogP contribution in [0.15, 0.2) is 58.1 Å². The Kier molecular flexibility index (Phi) is 7.38. The number of anilines is 1. The molecule has 4 aromatic rings. The molecule has 3 aromatic heterocycles. The summed E-state index contributed by atoms with van der Waals surface area (Å²) >= 11 is 1.59. The van der Waals surface area contributed by atoms with E-state index in [4.69, 9.17) is 10.5 Å². The van der Waals surface area contributed by atoms with Gasteiger partial charge in [0.25, 0.3) is 11.5 Å². The number of hydrogen-bond donors (Lipinski definition) is 3. The second-order valence-electron chi connectivity index (χ2n) is 8.27. The second-order valence-corrected chi connectivity index (χ2v) is 9.05. The van der Waals surface area contributed by atoms with Crippen LogP contribution in [0.1, 0.15) is 50.6 Å². The van der Waals surface area contributed by atoms with Crippen molar-refractivity contribution in [3.8, 4) is 5.88 Å². The molecule has 35 heavy (non-hydrogen) atoms. The Labute approximate surface area is 206 Å². The Hall–Kier alpha value is -3.82. The number of ether oxygens (including phenoxy) is 1. The predicted molar refractivity (Wildman–Crippen MR) is 138 cm³/mol. The third-order valence-corrected chi connectivity index (χ3v) is 6.63. The van der Waals surface area contributed by atoms with Gasteiger partial charge in [0.2, 0.25) is 5.88 Å². The van der Waals surface area contributed by atoms with Gasteiger partial charge in [-0.3, -0.25) is 14.4 Å². The van der Waals surface area contributed by atoms with E-state index in [2.05, 4.69) is 15.3 Å². The zero-order valence-electron chi connectivity index (χ0n) is 19.5. The maximum Gasteiger partial charge on any atom is 0.261 e. The Balaban J connectivity index is 1.56. The SMILES string of the molecule is COc1cc2[nH]c(=O)c(C(=O)Nc3cc(C(=O)CC(CCN)c4ccsc4)ccc3C)cc2cn1. The van der Waals surface area contributed by atoms with Gasteiger partial charge in [-0.2, -0.15) is 11.3 Å². The van der Waals surface area contributed by atoms with E-state index in [9.17, 15) is 14.4 Å². The average Bonchev–Trinajstić information content (AvgIpc) is 3.39. The summed E-state index contributed by atoms with van der Waals surface area (Å²) in [6, 6.07) is 10.3. The summed E-state index contributed by atoms with van der Waals surface area (Å²) in [4.78, 5) is 45.4. The van der Waals surface area contributed by atoms with Gasteiger partial charge in [-0.05, 0) is 65.9 Å². The molecule has 1 aromatic carbocycles. The Morgan fingerprint density at radius 2 is 2.06 bits per heavy atom. The Morgan fingerprint density at radius 1 is 1.23 bits per heavy atom. The van der Waals surface area contributed by atoms with Gasteiger partial charge < -0.3 is 20.8 Å². The number of ketones is 1. The fourth-order valence-electron chi connectivity index (χ4n) is 3.92. The van der Waals surface area contributed by atoms with Gasteiger partial charge in [0, 0.05) is 35.3 Å². The highest BCUT2D eigenvalue weighted by Crippen LogP contribution is 2.28. The number of benzene rings is 1. The highest BCUT2D eigenvalue weighted by Gasteiger charge is 2.19. The largest absolute Gasteiger partial charge is 0.481 e. The van der Waals surface area contributed by atoms with Crippen LogP contribution >= 0.6 is 11.3 Å². The molecule has 0 aliphatic heterocycles. The number of H-pyrrole nitrogens is 1. The number of nitrogens with one attached hydrogen (secondary N) is 2. The minimum Gasteiger partial charge on any atom is -0.481 e. The fraction of sp³-hybridized carbons (Fsp3) is 0.231. The fourth-order valence-corrected chi connectivity index (χ4v) is 4.66. The first-order chi connectivity index (χ1) is 16.9. The standard InChI is InChI=1S/C26H26N4O4S/c1-15-3-4-17(23(31)11-16(5-7-27)18-6-8-35-14-18)10-21(15)29-25(32)20-9-19-13-28-24(34-2)12-22(19)30-26(20)33/h3-4,6,8-10,12-14,16H,5,7,11,27H2,1-2H3,(H,29,32)(H,30,33). The van der Waals surface area contributed by atoms with Crippen LogP contribution in [0.2, 0.25) is 0 Å². The maximum absolute atomic E-state index is 13.1. The summed E-state index contributed by atoms with van der Waals surface area (Å²) in [5, 5.41) is 7.41. The van der Waals surface area contributed by atoms with Crippen LogP contribution in [-0.4, -0.2) is 35.3 Å². The summed E-state index contributed by atoms with van der Waals surface area (Å²) in [5.41, 5.74) is 8.54. The molecule has 0 spiro atoms. The van der Waals surface area contributed by atoms with Crippen molar-refractivity contribution in [3.63, 3.8) is 0 Å². The number of aromatic nitrogens is 2. The lowest BCUT2D eigenvalue weighted by atomic mass is 9.90. The number of Topliss-reactive ketones (excluding diaryl/α,β-unsaturated/α-hetero) is 1. The number of fused-ring (bicyclic) bond motifs is 1. The number of amides is 1. The maximum atomic E-state index is 13.1. The van der Waals surface area contributed by atoms with Crippen molar-refractivity contribution in [1.29, 1.82) is 0 Å². The Morgan fingerprint density at radius 3 is 2.77 bits per heavy atom. The van der Waals surface area contributed by atoms with Gasteiger partial charge in [-0.25, -0.2) is 4.98 Å². The van der Waals surface area contributed by atoms with Crippen LogP contribution in [0.4, 0.5) is 5.69 Å². The van der Waals surface area contributed by atoms with Crippen LogP contribution in [0.5, 0.6) is 5.88 Å². The van der Waals surface area contributed by atoms with E-state index >= 15 is 0 Å². The molecule has 0 radical (unpaired) electrons. The summed E-state index contributed by atoms with van der Waals surface area (Å²) in [7, 11) is 1.48. The van der Waals surface area contributed by atoms with Crippen LogP contribution < -0.4 is 21.3 Å². The summed E-state index contributed by atoms with van der Waals surface area (Å²) in [5.74, 6) is -0.207. The van der Waals surface area contributed by atoms with E-state index in [0.29, 0.717) is 47.4 Å². The molecule has 3 heterocycles. The van der Waals surface area contributed by atoms with Gasteiger partial charge in [-0.1, -0.05) is 12.1 Å². The molecule has 0 fully saturated rings. The summed E-state index contributed by atoms with van der Waals surface area (Å²) < 4.78 is 5.08. The summed E-state index contributed by atoms with van der Waals surface area (Å²) in [6.07, 6.45) is 2.56. The molecule has 1 unspecified atom stereocenters. The lowest BCUT2D eigenvalue weighted by Gasteiger charge is -2.15. The number of aromatic amines is 1. The van der Waals surface area contributed by atoms with Crippen LogP contribution in [-0.2, 0) is 0 Å². The van der Waals surface area contributed by atoms with Crippen LogP contribution in [0, 0.1) is 6.92 Å². The number of pyridine rings is 2. The van der Waals surface area contributed by atoms with Crippen molar-refractivity contribution in [3.05, 3.63) is 86.0 Å². The van der Waals surface area contributed by atoms with E-state index in [1.54, 1.807) is 35.6 Å². The van der Waals surface area contributed by atoms with Crippen molar-refractivity contribution in [1.82, 2.24) is 9.97 Å². The van der Waals surface area contributed by atoms with Gasteiger partial charge in [0.05, 0.1) is 12.6 Å². The number of methoxy groups -OCH3 is 1. The van der Waals surface area contributed by atoms with Crippen LogP contribution in [0.25, 0.3) is 10.9 Å². The molecule has 180 valence electrons. The predicted octanol–water partition coefficient (Wildman–Crippen LogP) is 4.26. The molecular weight excluding hydrogens is 464 g/mol. The van der Waals surface area contributed by atoms with E-state index < -0.39 is 11.5 Å². The Bertz CT molecular complexity index is 1430. The van der Waals surface area contributed by atoms with Crippen molar-refractivity contribution < 1.29 is 14.3 Å². The van der Waals surface area contributed by atoms with Crippen molar-refractivity contribution in [2.45, 2.75) is 25.7 Å². The first-order valence-corrected chi connectivity index (χ1v) is 12.1. The van der Waals surface area contributed by atoms with E-state index in [1.807, 2.05) is 23.8 Å². The number of aryl methyl sites for hydroxylation is 1. The number of nitrogens with two attached hydrogens (primary N) is 1. The third kappa shape index (κ3) is 5.47. The number of carbonyl (C=O) groups excluding carboxylic acids is 2. The molecule has 1 atom stereocenters. The number of nitrogens with zero attached hydrogens (tertiary/aromatic N) is 1. The molecule has 0 saturated carbocycles. The molecule has 9 heteroatoms. The minimum atomic E-state index is -0.573. The van der Waals surface area contributed by atoms with E-state index in [-0.39, 0.29) is 17.3 Å². The number of rotatable bonds is 9. The zero-order valence-corrected chi connectivity index (χ0v) is 20.3. The van der Waals surface area contributed by atoms with Crippen molar-refractivity contribution in [2.75, 3.05) is 19.0 Å².